The molecule has 0 bridgehead atoms. The smallest absolute Gasteiger partial charge is 0.0847 e. The van der Waals surface area contributed by atoms with Crippen LogP contribution in [-0.2, 0) is 0 Å². The number of nitrogens with zero attached hydrogens (tertiary/aromatic N) is 3. The van der Waals surface area contributed by atoms with Crippen LogP contribution in [-0.4, -0.2) is 15.0 Å². The lowest BCUT2D eigenvalue weighted by atomic mass is 9.91. The molecule has 42 heavy (non-hydrogen) atoms. The number of hydrogen-bond donors (Lipinski definition) is 0. The Bertz CT molecular complexity index is 2360. The quantitative estimate of drug-likeness (QED) is 0.207. The second-order valence-corrected chi connectivity index (χ2v) is 9.42. The predicted octanol–water partition coefficient (Wildman–Crippen LogP) is 9.87. The van der Waals surface area contributed by atoms with Gasteiger partial charge in [0, 0.05) is 53.7 Å². The highest BCUT2D eigenvalue weighted by Gasteiger charge is 2.11. The Labute approximate surface area is 262 Å². The number of pyridine rings is 3. The summed E-state index contributed by atoms with van der Waals surface area (Å²) in [6.45, 7) is 0. The van der Waals surface area contributed by atoms with Gasteiger partial charge in [-0.2, -0.15) is 0 Å². The summed E-state index contributed by atoms with van der Waals surface area (Å²) in [7, 11) is 0. The molecule has 0 spiro atoms. The highest BCUT2D eigenvalue weighted by atomic mass is 14.6. The Morgan fingerprint density at radius 1 is 0.333 bits per heavy atom. The maximum absolute atomic E-state index is 8.50. The number of benzene rings is 4. The van der Waals surface area contributed by atoms with Gasteiger partial charge in [0.2, 0.25) is 0 Å². The molecule has 0 amide bonds. The van der Waals surface area contributed by atoms with E-state index in [1.165, 1.54) is 0 Å². The van der Waals surface area contributed by atoms with Gasteiger partial charge in [0.1, 0.15) is 0 Å². The molecule has 198 valence electrons. The molecule has 0 aliphatic carbocycles. The molecule has 0 saturated heterocycles. The molecule has 0 fully saturated rings. The molecule has 4 aromatic carbocycles. The first-order chi connectivity index (χ1) is 25.7. The highest BCUT2D eigenvalue weighted by molar-refractivity contribution is 5.85. The van der Waals surface area contributed by atoms with Crippen LogP contribution in [0.4, 0.5) is 0 Å². The Morgan fingerprint density at radius 3 is 0.905 bits per heavy atom. The van der Waals surface area contributed by atoms with E-state index < -0.39 is 18.5 Å². The van der Waals surface area contributed by atoms with Gasteiger partial charge in [0.15, 0.2) is 0 Å². The zero-order valence-corrected chi connectivity index (χ0v) is 22.0. The van der Waals surface area contributed by atoms with E-state index in [4.69, 9.17) is 16.4 Å². The highest BCUT2D eigenvalue weighted by Crippen LogP contribution is 2.36. The van der Waals surface area contributed by atoms with Crippen LogP contribution in [0.15, 0.2) is 164 Å². The molecule has 7 aromatic rings. The van der Waals surface area contributed by atoms with E-state index in [2.05, 4.69) is 15.0 Å². The van der Waals surface area contributed by atoms with E-state index in [-0.39, 0.29) is 71.5 Å². The Balaban J connectivity index is 1.43. The molecule has 3 nitrogen and oxygen atoms in total. The topological polar surface area (TPSA) is 38.7 Å². The molecule has 3 heteroatoms. The monoisotopic (exact) mass is 549 g/mol. The van der Waals surface area contributed by atoms with Gasteiger partial charge in [-0.05, 0) is 105 Å². The maximum atomic E-state index is 8.50. The number of rotatable bonds is 6. The molecule has 3 aromatic heterocycles. The molecular formula is C39H27N3. The van der Waals surface area contributed by atoms with Gasteiger partial charge in [-0.1, -0.05) is 72.7 Å². The van der Waals surface area contributed by atoms with Gasteiger partial charge < -0.3 is 0 Å². The summed E-state index contributed by atoms with van der Waals surface area (Å²) in [6.07, 6.45) is -2.23. The van der Waals surface area contributed by atoms with Gasteiger partial charge >= 0.3 is 0 Å². The van der Waals surface area contributed by atoms with Crippen LogP contribution in [0.2, 0.25) is 0 Å². The van der Waals surface area contributed by atoms with Crippen LogP contribution in [0, 0.1) is 0 Å². The van der Waals surface area contributed by atoms with Gasteiger partial charge in [-0.3, -0.25) is 15.0 Å². The third-order valence-corrected chi connectivity index (χ3v) is 6.79. The predicted molar refractivity (Wildman–Crippen MR) is 172 cm³/mol. The van der Waals surface area contributed by atoms with Crippen LogP contribution in [0.3, 0.4) is 0 Å². The lowest BCUT2D eigenvalue weighted by molar-refractivity contribution is 1.33. The summed E-state index contributed by atoms with van der Waals surface area (Å²) in [5.41, 5.74) is 5.94. The summed E-state index contributed by atoms with van der Waals surface area (Å²) in [4.78, 5) is 11.6. The largest absolute Gasteiger partial charge is 0.264 e. The second-order valence-electron chi connectivity index (χ2n) is 9.42. The minimum Gasteiger partial charge on any atom is -0.264 e. The van der Waals surface area contributed by atoms with Crippen molar-refractivity contribution in [2.75, 3.05) is 0 Å². The van der Waals surface area contributed by atoms with E-state index >= 15 is 0 Å². The minimum atomic E-state index is -0.451. The molecule has 0 aliphatic rings. The second kappa shape index (κ2) is 11.4. The molecule has 0 radical (unpaired) electrons. The van der Waals surface area contributed by atoms with Crippen LogP contribution in [0.1, 0.15) is 16.4 Å². The van der Waals surface area contributed by atoms with Crippen LogP contribution in [0.5, 0.6) is 0 Å². The van der Waals surface area contributed by atoms with Gasteiger partial charge in [0.05, 0.1) is 16.4 Å². The lowest BCUT2D eigenvalue weighted by Crippen LogP contribution is -1.89. The third kappa shape index (κ3) is 5.36. The zero-order chi connectivity index (χ0) is 38.6. The van der Waals surface area contributed by atoms with Crippen molar-refractivity contribution >= 4 is 0 Å². The summed E-state index contributed by atoms with van der Waals surface area (Å²) < 4.78 is 98.7. The van der Waals surface area contributed by atoms with Crippen LogP contribution >= 0.6 is 0 Å². The first-order valence-electron chi connectivity index (χ1n) is 19.0. The van der Waals surface area contributed by atoms with Crippen molar-refractivity contribution in [3.8, 4) is 66.8 Å². The molecule has 0 unspecified atom stereocenters. The van der Waals surface area contributed by atoms with E-state index in [1.54, 1.807) is 54.6 Å². The van der Waals surface area contributed by atoms with Gasteiger partial charge in [-0.15, -0.1) is 0 Å². The normalized spacial score (nSPS) is 14.9. The summed E-state index contributed by atoms with van der Waals surface area (Å²) in [5.74, 6) is 0. The fourth-order valence-electron chi connectivity index (χ4n) is 4.79. The fourth-order valence-corrected chi connectivity index (χ4v) is 4.79. The van der Waals surface area contributed by atoms with E-state index in [1.807, 2.05) is 36.4 Å². The van der Waals surface area contributed by atoms with Crippen molar-refractivity contribution in [2.45, 2.75) is 0 Å². The van der Waals surface area contributed by atoms with E-state index in [0.717, 1.165) is 0 Å². The van der Waals surface area contributed by atoms with E-state index in [0.29, 0.717) is 50.1 Å². The van der Waals surface area contributed by atoms with Gasteiger partial charge in [-0.25, -0.2) is 0 Å². The maximum Gasteiger partial charge on any atom is 0.0847 e. The number of aromatic nitrogens is 3. The molecule has 0 aliphatic heterocycles. The van der Waals surface area contributed by atoms with Crippen molar-refractivity contribution in [1.82, 2.24) is 15.0 Å². The zero-order valence-electron chi connectivity index (χ0n) is 34.0. The molecule has 0 N–H and O–H groups in total. The SMILES string of the molecule is [2H]c1nc([2H])c(-c2cccc(-c3cc(-c4cccc(-c5c([2H])nc([2H])c([2H])c5[2H])c4)cc(-c4cccc(-c5c([2H])nc([2H])c([2H])c5[2H])c4)c3)c2)c([2H])c1[2H]. The van der Waals surface area contributed by atoms with Crippen LogP contribution in [0.25, 0.3) is 66.8 Å². The van der Waals surface area contributed by atoms with Crippen molar-refractivity contribution < 1.29 is 16.4 Å². The van der Waals surface area contributed by atoms with Gasteiger partial charge in [0.25, 0.3) is 0 Å². The van der Waals surface area contributed by atoms with Crippen molar-refractivity contribution in [1.29, 1.82) is 0 Å². The van der Waals surface area contributed by atoms with Crippen LogP contribution < -0.4 is 0 Å². The number of hydrogen-bond acceptors (Lipinski definition) is 3. The molecule has 7 rings (SSSR count). The Kier molecular flexibility index (Phi) is 4.18. The molecule has 3 heterocycles. The first-order valence-corrected chi connectivity index (χ1v) is 13.0. The summed E-state index contributed by atoms with van der Waals surface area (Å²) in [6, 6.07) is 25.1. The van der Waals surface area contributed by atoms with Crippen molar-refractivity contribution in [2.24, 2.45) is 0 Å². The molecular weight excluding hydrogens is 510 g/mol. The lowest BCUT2D eigenvalue weighted by Gasteiger charge is -2.14. The molecule has 0 saturated carbocycles. The average molecular weight is 550 g/mol. The first kappa shape index (κ1) is 15.4. The minimum absolute atomic E-state index is 0.117. The summed E-state index contributed by atoms with van der Waals surface area (Å²) >= 11 is 0. The Hall–Kier alpha value is -5.67. The average Bonchev–Trinajstić information content (AvgIpc) is 3.15. The van der Waals surface area contributed by atoms with E-state index in [9.17, 15) is 0 Å². The Morgan fingerprint density at radius 2 is 0.595 bits per heavy atom. The van der Waals surface area contributed by atoms with Crippen molar-refractivity contribution in [3.05, 3.63) is 164 Å². The fraction of sp³-hybridized carbons (Fsp3) is 0. The molecule has 0 atom stereocenters. The standard InChI is InChI=1S/C39H27N3/c1-7-28(34-13-4-16-40-25-34)19-31(10-1)37-22-38(32-11-2-8-29(20-32)35-14-5-17-41-26-35)24-39(23-37)33-12-3-9-30(21-33)36-15-6-18-42-27-36/h1-27H/i4D,5D,6D,13D,14D,15D,16D,17D,18D,25D,26D,27D. The third-order valence-electron chi connectivity index (χ3n) is 6.79. The van der Waals surface area contributed by atoms with Crippen molar-refractivity contribution in [3.63, 3.8) is 0 Å². The summed E-state index contributed by atoms with van der Waals surface area (Å²) in [5, 5.41) is 0.